The van der Waals surface area contributed by atoms with Crippen molar-refractivity contribution in [1.82, 2.24) is 30.5 Å². The molecule has 0 aliphatic rings. The first-order valence-electron chi connectivity index (χ1n) is 6.01. The highest BCUT2D eigenvalue weighted by Gasteiger charge is 2.13. The zero-order chi connectivity index (χ0) is 14.7. The Morgan fingerprint density at radius 3 is 3.00 bits per heavy atom. The molecule has 3 heterocycles. The molecule has 1 amide bonds. The average molecular weight is 302 g/mol. The summed E-state index contributed by atoms with van der Waals surface area (Å²) in [4.78, 5) is 24.3. The molecule has 1 N–H and O–H groups in total. The van der Waals surface area contributed by atoms with E-state index in [-0.39, 0.29) is 12.5 Å². The number of hydrogen-bond acceptors (Lipinski definition) is 8. The number of nitrogens with zero attached hydrogens (tertiary/aromatic N) is 5. The van der Waals surface area contributed by atoms with Gasteiger partial charge in [-0.05, 0) is 0 Å². The fourth-order valence-electron chi connectivity index (χ4n) is 1.56. The highest BCUT2D eigenvalue weighted by molar-refractivity contribution is 7.13. The number of rotatable bonds is 4. The normalized spacial score (nSPS) is 10.5. The monoisotopic (exact) mass is 302 g/mol. The van der Waals surface area contributed by atoms with Crippen LogP contribution in [0.2, 0.25) is 0 Å². The van der Waals surface area contributed by atoms with E-state index >= 15 is 0 Å². The lowest BCUT2D eigenvalue weighted by atomic mass is 10.4. The Labute approximate surface area is 123 Å². The van der Waals surface area contributed by atoms with E-state index in [1.54, 1.807) is 30.9 Å². The molecular formula is C12H10N6O2S. The van der Waals surface area contributed by atoms with Crippen LogP contribution in [0.4, 0.5) is 0 Å². The summed E-state index contributed by atoms with van der Waals surface area (Å²) in [7, 11) is 0. The van der Waals surface area contributed by atoms with Crippen LogP contribution in [-0.4, -0.2) is 31.1 Å². The summed E-state index contributed by atoms with van der Waals surface area (Å²) in [5.74, 6) is 0.500. The van der Waals surface area contributed by atoms with E-state index in [4.69, 9.17) is 4.42 Å². The zero-order valence-electron chi connectivity index (χ0n) is 11.0. The van der Waals surface area contributed by atoms with Crippen molar-refractivity contribution in [2.45, 2.75) is 13.5 Å². The maximum atomic E-state index is 12.0. The van der Waals surface area contributed by atoms with Crippen LogP contribution in [0.15, 0.2) is 28.4 Å². The molecule has 0 radical (unpaired) electrons. The van der Waals surface area contributed by atoms with Gasteiger partial charge in [0.1, 0.15) is 16.4 Å². The van der Waals surface area contributed by atoms with Crippen LogP contribution in [0.25, 0.3) is 10.7 Å². The molecule has 9 heteroatoms. The van der Waals surface area contributed by atoms with Crippen molar-refractivity contribution in [3.05, 3.63) is 41.4 Å². The van der Waals surface area contributed by atoms with E-state index in [0.717, 1.165) is 0 Å². The number of nitrogens with one attached hydrogen (secondary N) is 1. The van der Waals surface area contributed by atoms with Crippen LogP contribution in [0.5, 0.6) is 0 Å². The van der Waals surface area contributed by atoms with E-state index in [0.29, 0.717) is 28.2 Å². The van der Waals surface area contributed by atoms with Crippen molar-refractivity contribution in [3.8, 4) is 10.7 Å². The van der Waals surface area contributed by atoms with Crippen molar-refractivity contribution in [2.24, 2.45) is 0 Å². The maximum Gasteiger partial charge on any atom is 0.271 e. The van der Waals surface area contributed by atoms with Crippen LogP contribution in [0.1, 0.15) is 22.3 Å². The van der Waals surface area contributed by atoms with E-state index in [9.17, 15) is 4.79 Å². The highest BCUT2D eigenvalue weighted by atomic mass is 32.1. The van der Waals surface area contributed by atoms with Crippen molar-refractivity contribution in [1.29, 1.82) is 0 Å². The van der Waals surface area contributed by atoms with Gasteiger partial charge in [-0.2, -0.15) is 0 Å². The van der Waals surface area contributed by atoms with Gasteiger partial charge in [-0.15, -0.1) is 21.5 Å². The Morgan fingerprint density at radius 1 is 1.38 bits per heavy atom. The first-order chi connectivity index (χ1) is 10.2. The molecule has 3 aromatic heterocycles. The van der Waals surface area contributed by atoms with Crippen molar-refractivity contribution in [2.75, 3.05) is 0 Å². The summed E-state index contributed by atoms with van der Waals surface area (Å²) in [5.41, 5.74) is 0.950. The van der Waals surface area contributed by atoms with Gasteiger partial charge in [0.15, 0.2) is 0 Å². The Balaban J connectivity index is 1.67. The minimum Gasteiger partial charge on any atom is -0.424 e. The number of aromatic nitrogens is 5. The van der Waals surface area contributed by atoms with Crippen molar-refractivity contribution < 1.29 is 9.21 Å². The molecule has 0 atom stereocenters. The molecule has 0 fully saturated rings. The fourth-order valence-corrected chi connectivity index (χ4v) is 2.32. The molecule has 0 aromatic carbocycles. The number of amides is 1. The maximum absolute atomic E-state index is 12.0. The molecular weight excluding hydrogens is 292 g/mol. The van der Waals surface area contributed by atoms with Gasteiger partial charge in [0.25, 0.3) is 5.91 Å². The third kappa shape index (κ3) is 3.08. The third-order valence-electron chi connectivity index (χ3n) is 2.49. The smallest absolute Gasteiger partial charge is 0.271 e. The first-order valence-corrected chi connectivity index (χ1v) is 6.89. The van der Waals surface area contributed by atoms with E-state index in [1.165, 1.54) is 11.3 Å². The summed E-state index contributed by atoms with van der Waals surface area (Å²) in [6.07, 6.45) is 4.76. The molecule has 0 spiro atoms. The molecule has 8 nitrogen and oxygen atoms in total. The molecule has 0 aliphatic heterocycles. The lowest BCUT2D eigenvalue weighted by Crippen LogP contribution is -2.23. The quantitative estimate of drug-likeness (QED) is 0.772. The molecule has 0 aliphatic carbocycles. The molecule has 21 heavy (non-hydrogen) atoms. The number of hydrogen-bond donors (Lipinski definition) is 1. The second-order valence-electron chi connectivity index (χ2n) is 4.03. The molecule has 3 aromatic rings. The predicted octanol–water partition coefficient (Wildman–Crippen LogP) is 1.22. The van der Waals surface area contributed by atoms with E-state index < -0.39 is 0 Å². The molecule has 0 bridgehead atoms. The van der Waals surface area contributed by atoms with Gasteiger partial charge in [0, 0.05) is 24.7 Å². The van der Waals surface area contributed by atoms with Crippen LogP contribution in [-0.2, 0) is 6.54 Å². The van der Waals surface area contributed by atoms with Gasteiger partial charge in [0.05, 0.1) is 12.7 Å². The van der Waals surface area contributed by atoms with Crippen LogP contribution < -0.4 is 5.32 Å². The standard InChI is InChI=1S/C12H10N6O2S/c1-7-17-18-10(20-7)5-15-11(19)9-6-21-12(16-9)8-4-13-2-3-14-8/h2-4,6H,5H2,1H3,(H,15,19). The topological polar surface area (TPSA) is 107 Å². The minimum atomic E-state index is -0.308. The number of thiazole rings is 1. The van der Waals surface area contributed by atoms with E-state index in [1.807, 2.05) is 0 Å². The van der Waals surface area contributed by atoms with Gasteiger partial charge in [0.2, 0.25) is 11.8 Å². The first kappa shape index (κ1) is 13.3. The lowest BCUT2D eigenvalue weighted by molar-refractivity contribution is 0.0943. The molecule has 0 unspecified atom stereocenters. The second-order valence-corrected chi connectivity index (χ2v) is 4.88. The summed E-state index contributed by atoms with van der Waals surface area (Å²) in [5, 5.41) is 12.5. The van der Waals surface area contributed by atoms with Crippen molar-refractivity contribution >= 4 is 17.2 Å². The van der Waals surface area contributed by atoms with Gasteiger partial charge in [-0.3, -0.25) is 14.8 Å². The van der Waals surface area contributed by atoms with Gasteiger partial charge >= 0.3 is 0 Å². The van der Waals surface area contributed by atoms with Crippen LogP contribution in [0, 0.1) is 6.92 Å². The molecule has 106 valence electrons. The molecule has 0 saturated heterocycles. The van der Waals surface area contributed by atoms with Gasteiger partial charge in [-0.25, -0.2) is 4.98 Å². The summed E-state index contributed by atoms with van der Waals surface area (Å²) >= 11 is 1.33. The Kier molecular flexibility index (Phi) is 3.65. The Morgan fingerprint density at radius 2 is 2.29 bits per heavy atom. The summed E-state index contributed by atoms with van der Waals surface area (Å²) in [6.45, 7) is 1.85. The Bertz CT molecular complexity index is 754. The molecule has 3 rings (SSSR count). The number of carbonyl (C=O) groups excluding carboxylic acids is 1. The van der Waals surface area contributed by atoms with Gasteiger partial charge in [-0.1, -0.05) is 0 Å². The lowest BCUT2D eigenvalue weighted by Gasteiger charge is -1.98. The van der Waals surface area contributed by atoms with E-state index in [2.05, 4.69) is 30.5 Å². The number of carbonyl (C=O) groups is 1. The largest absolute Gasteiger partial charge is 0.424 e. The minimum absolute atomic E-state index is 0.164. The Hall–Kier alpha value is -2.68. The average Bonchev–Trinajstić information content (AvgIpc) is 3.15. The number of aryl methyl sites for hydroxylation is 1. The van der Waals surface area contributed by atoms with Gasteiger partial charge < -0.3 is 9.73 Å². The fraction of sp³-hybridized carbons (Fsp3) is 0.167. The predicted molar refractivity (Wildman–Crippen MR) is 73.3 cm³/mol. The summed E-state index contributed by atoms with van der Waals surface area (Å²) in [6, 6.07) is 0. The second kappa shape index (κ2) is 5.75. The van der Waals surface area contributed by atoms with Crippen molar-refractivity contribution in [3.63, 3.8) is 0 Å². The highest BCUT2D eigenvalue weighted by Crippen LogP contribution is 2.20. The third-order valence-corrected chi connectivity index (χ3v) is 3.35. The molecule has 0 saturated carbocycles. The van der Waals surface area contributed by atoms with Crippen LogP contribution >= 0.6 is 11.3 Å². The SMILES string of the molecule is Cc1nnc(CNC(=O)c2csc(-c3cnccn3)n2)o1. The summed E-state index contributed by atoms with van der Waals surface area (Å²) < 4.78 is 5.17. The zero-order valence-corrected chi connectivity index (χ0v) is 11.8. The van der Waals surface area contributed by atoms with Crippen LogP contribution in [0.3, 0.4) is 0 Å².